The molecule has 0 saturated heterocycles. The van der Waals surface area contributed by atoms with Crippen LogP contribution in [-0.2, 0) is 28.6 Å². The molecule has 0 radical (unpaired) electrons. The molecule has 0 saturated carbocycles. The maximum absolute atomic E-state index is 12.8. The zero-order valence-corrected chi connectivity index (χ0v) is 42.0. The highest BCUT2D eigenvalue weighted by Crippen LogP contribution is 2.13. The van der Waals surface area contributed by atoms with E-state index in [0.29, 0.717) is 12.8 Å². The van der Waals surface area contributed by atoms with Gasteiger partial charge in [-0.1, -0.05) is 214 Å². The Balaban J connectivity index is 4.50. The average Bonchev–Trinajstić information content (AvgIpc) is 3.30. The minimum absolute atomic E-state index is 0.108. The van der Waals surface area contributed by atoms with E-state index in [0.717, 1.165) is 135 Å². The van der Waals surface area contributed by atoms with Gasteiger partial charge in [0, 0.05) is 19.3 Å². The first kappa shape index (κ1) is 61.1. The molecule has 0 amide bonds. The second-order valence-corrected chi connectivity index (χ2v) is 17.1. The molecule has 0 aromatic rings. The van der Waals surface area contributed by atoms with Gasteiger partial charge in [0.25, 0.3) is 0 Å². The highest BCUT2D eigenvalue weighted by molar-refractivity contribution is 5.71. The lowest BCUT2D eigenvalue weighted by Gasteiger charge is -2.18. The average molecular weight is 901 g/mol. The molecule has 0 heterocycles. The van der Waals surface area contributed by atoms with E-state index >= 15 is 0 Å². The number of esters is 3. The van der Waals surface area contributed by atoms with E-state index in [4.69, 9.17) is 14.2 Å². The van der Waals surface area contributed by atoms with Gasteiger partial charge in [-0.2, -0.15) is 0 Å². The molecule has 0 aliphatic carbocycles. The van der Waals surface area contributed by atoms with Gasteiger partial charge < -0.3 is 14.2 Å². The van der Waals surface area contributed by atoms with Gasteiger partial charge in [-0.3, -0.25) is 14.4 Å². The molecule has 0 aliphatic heterocycles. The molecule has 0 aromatic heterocycles. The molecule has 0 aliphatic rings. The Hall–Kier alpha value is -3.93. The fourth-order valence-corrected chi connectivity index (χ4v) is 6.89. The topological polar surface area (TPSA) is 78.9 Å². The van der Waals surface area contributed by atoms with Crippen LogP contribution in [0.4, 0.5) is 0 Å². The van der Waals surface area contributed by atoms with E-state index in [1.54, 1.807) is 0 Å². The van der Waals surface area contributed by atoms with Gasteiger partial charge in [-0.15, -0.1) is 0 Å². The summed E-state index contributed by atoms with van der Waals surface area (Å²) >= 11 is 0. The number of ether oxygens (including phenoxy) is 3. The maximum atomic E-state index is 12.8. The Morgan fingerprint density at radius 2 is 0.677 bits per heavy atom. The number of allylic oxidation sites excluding steroid dienone is 18. The van der Waals surface area contributed by atoms with Crippen LogP contribution in [0.5, 0.6) is 0 Å². The number of carbonyl (C=O) groups is 3. The van der Waals surface area contributed by atoms with Crippen molar-refractivity contribution in [2.24, 2.45) is 0 Å². The Labute approximate surface area is 400 Å². The lowest BCUT2D eigenvalue weighted by Crippen LogP contribution is -2.30. The minimum atomic E-state index is -0.812. The first-order valence-corrected chi connectivity index (χ1v) is 26.4. The van der Waals surface area contributed by atoms with Crippen LogP contribution in [-0.4, -0.2) is 37.2 Å². The zero-order valence-electron chi connectivity index (χ0n) is 42.0. The summed E-state index contributed by atoms with van der Waals surface area (Å²) in [5, 5.41) is 0. The molecule has 0 rings (SSSR count). The van der Waals surface area contributed by atoms with Crippen LogP contribution in [0.25, 0.3) is 0 Å². The van der Waals surface area contributed by atoms with Gasteiger partial charge in [-0.25, -0.2) is 0 Å². The highest BCUT2D eigenvalue weighted by atomic mass is 16.6. The first-order chi connectivity index (χ1) is 32.0. The van der Waals surface area contributed by atoms with Crippen LogP contribution in [0.15, 0.2) is 109 Å². The van der Waals surface area contributed by atoms with Crippen LogP contribution in [0.1, 0.15) is 226 Å². The molecule has 368 valence electrons. The lowest BCUT2D eigenvalue weighted by atomic mass is 10.1. The maximum Gasteiger partial charge on any atom is 0.306 e. The van der Waals surface area contributed by atoms with Gasteiger partial charge in [0.2, 0.25) is 0 Å². The molecule has 6 heteroatoms. The normalized spacial score (nSPS) is 13.0. The summed E-state index contributed by atoms with van der Waals surface area (Å²) in [6, 6.07) is 0. The first-order valence-electron chi connectivity index (χ1n) is 26.4. The fraction of sp³-hybridized carbons (Fsp3) is 0.644. The van der Waals surface area contributed by atoms with Crippen molar-refractivity contribution in [3.05, 3.63) is 109 Å². The second-order valence-electron chi connectivity index (χ2n) is 17.1. The molecule has 0 bridgehead atoms. The Kier molecular flexibility index (Phi) is 49.5. The predicted octanol–water partition coefficient (Wildman–Crippen LogP) is 17.5. The van der Waals surface area contributed by atoms with Crippen LogP contribution in [0.3, 0.4) is 0 Å². The number of hydrogen-bond donors (Lipinski definition) is 0. The monoisotopic (exact) mass is 901 g/mol. The number of carbonyl (C=O) groups excluding carboxylic acids is 3. The van der Waals surface area contributed by atoms with Crippen LogP contribution >= 0.6 is 0 Å². The summed E-state index contributed by atoms with van der Waals surface area (Å²) in [5.41, 5.74) is 0. The summed E-state index contributed by atoms with van der Waals surface area (Å²) in [6.45, 7) is 6.32. The third-order valence-corrected chi connectivity index (χ3v) is 10.8. The molecule has 0 spiro atoms. The SMILES string of the molecule is CC\C=C/C=C\C=C/CCCCCCCC(=O)OCC(COC(=O)CCCCCCC/C=C\C=C/CCCCCCCCC)OC(=O)CCCCC/C=C\C/C=C\C/C=C\C/C=C\CC. The molecule has 0 N–H and O–H groups in total. The van der Waals surface area contributed by atoms with Crippen molar-refractivity contribution in [3.8, 4) is 0 Å². The summed E-state index contributed by atoms with van der Waals surface area (Å²) in [5.74, 6) is -0.979. The van der Waals surface area contributed by atoms with Crippen LogP contribution in [0, 0.1) is 0 Å². The van der Waals surface area contributed by atoms with E-state index in [1.165, 1.54) is 51.4 Å². The van der Waals surface area contributed by atoms with Crippen molar-refractivity contribution in [1.29, 1.82) is 0 Å². The summed E-state index contributed by atoms with van der Waals surface area (Å²) in [7, 11) is 0. The van der Waals surface area contributed by atoms with Crippen molar-refractivity contribution in [2.45, 2.75) is 232 Å². The number of unbranched alkanes of at least 4 members (excludes halogenated alkanes) is 20. The molecule has 6 nitrogen and oxygen atoms in total. The van der Waals surface area contributed by atoms with Crippen molar-refractivity contribution >= 4 is 17.9 Å². The van der Waals surface area contributed by atoms with Crippen molar-refractivity contribution < 1.29 is 28.6 Å². The second kappa shape index (κ2) is 52.7. The molecule has 65 heavy (non-hydrogen) atoms. The van der Waals surface area contributed by atoms with Gasteiger partial charge in [0.1, 0.15) is 13.2 Å². The Bertz CT molecular complexity index is 1360. The smallest absolute Gasteiger partial charge is 0.306 e. The highest BCUT2D eigenvalue weighted by Gasteiger charge is 2.19. The van der Waals surface area contributed by atoms with Gasteiger partial charge in [0.15, 0.2) is 6.10 Å². The largest absolute Gasteiger partial charge is 0.462 e. The zero-order chi connectivity index (χ0) is 47.2. The lowest BCUT2D eigenvalue weighted by molar-refractivity contribution is -0.167. The Morgan fingerprint density at radius 3 is 1.14 bits per heavy atom. The quantitative estimate of drug-likeness (QED) is 0.0199. The fourth-order valence-electron chi connectivity index (χ4n) is 6.89. The third kappa shape index (κ3) is 50.9. The minimum Gasteiger partial charge on any atom is -0.462 e. The predicted molar refractivity (Wildman–Crippen MR) is 279 cm³/mol. The number of rotatable bonds is 46. The molecule has 1 unspecified atom stereocenters. The van der Waals surface area contributed by atoms with Gasteiger partial charge in [0.05, 0.1) is 0 Å². The molecular weight excluding hydrogens is 805 g/mol. The van der Waals surface area contributed by atoms with Crippen LogP contribution < -0.4 is 0 Å². The standard InChI is InChI=1S/C59H96O6/c1-4-7-10-13-16-19-22-25-27-29-30-32-34-37-40-43-46-49-52-58(61)64-55-56(54-63-57(60)51-48-45-42-39-36-33-24-21-18-15-12-9-6-3)65-59(62)53-50-47-44-41-38-35-31-28-26-23-20-17-14-11-8-5-2/h8-9,11-12,15,17-18,20-21,24,26-30,32,35,38,56H,4-7,10,13-14,16,19,22-23,25,31,33-34,36-37,39-55H2,1-3H3/b11-8-,12-9-,18-15-,20-17-,24-21-,28-26-,29-27-,32-30-,38-35-. The van der Waals surface area contributed by atoms with E-state index in [1.807, 2.05) is 0 Å². The molecular formula is C59H96O6. The summed E-state index contributed by atoms with van der Waals surface area (Å²) in [6.07, 6.45) is 70.7. The van der Waals surface area contributed by atoms with E-state index in [9.17, 15) is 14.4 Å². The van der Waals surface area contributed by atoms with Crippen LogP contribution in [0.2, 0.25) is 0 Å². The Morgan fingerprint density at radius 1 is 0.338 bits per heavy atom. The van der Waals surface area contributed by atoms with Gasteiger partial charge >= 0.3 is 17.9 Å². The van der Waals surface area contributed by atoms with Crippen molar-refractivity contribution in [1.82, 2.24) is 0 Å². The van der Waals surface area contributed by atoms with E-state index in [2.05, 4.69) is 130 Å². The molecule has 1 atom stereocenters. The number of hydrogen-bond acceptors (Lipinski definition) is 6. The van der Waals surface area contributed by atoms with E-state index < -0.39 is 6.10 Å². The summed E-state index contributed by atoms with van der Waals surface area (Å²) in [4.78, 5) is 38.0. The molecule has 0 aromatic carbocycles. The van der Waals surface area contributed by atoms with Crippen molar-refractivity contribution in [3.63, 3.8) is 0 Å². The van der Waals surface area contributed by atoms with E-state index in [-0.39, 0.29) is 37.5 Å². The van der Waals surface area contributed by atoms with Crippen molar-refractivity contribution in [2.75, 3.05) is 13.2 Å². The summed E-state index contributed by atoms with van der Waals surface area (Å²) < 4.78 is 16.8. The van der Waals surface area contributed by atoms with Gasteiger partial charge in [-0.05, 0) is 103 Å². The third-order valence-electron chi connectivity index (χ3n) is 10.8. The molecule has 0 fully saturated rings.